The Labute approximate surface area is 181 Å². The number of carbonyl (C=O) groups excluding carboxylic acids is 1. The third-order valence-corrected chi connectivity index (χ3v) is 5.91. The molecule has 3 N–H and O–H groups in total. The quantitative estimate of drug-likeness (QED) is 0.626. The van der Waals surface area contributed by atoms with Crippen molar-refractivity contribution in [2.45, 2.75) is 25.3 Å². The number of hydrogen-bond acceptors (Lipinski definition) is 4. The van der Waals surface area contributed by atoms with Gasteiger partial charge in [0.25, 0.3) is 0 Å². The normalized spacial score (nSPS) is 19.2. The number of benzene rings is 1. The van der Waals surface area contributed by atoms with Crippen LogP contribution in [-0.4, -0.2) is 30.2 Å². The lowest BCUT2D eigenvalue weighted by atomic mass is 9.78. The highest BCUT2D eigenvalue weighted by Gasteiger charge is 2.29. The number of carbonyl (C=O) groups is 1. The van der Waals surface area contributed by atoms with Gasteiger partial charge in [-0.25, -0.2) is 0 Å². The first-order valence-corrected chi connectivity index (χ1v) is 10.3. The summed E-state index contributed by atoms with van der Waals surface area (Å²) in [6.45, 7) is 1.29. The molecule has 0 bridgehead atoms. The van der Waals surface area contributed by atoms with Crippen molar-refractivity contribution in [2.24, 2.45) is 16.1 Å². The molecule has 0 radical (unpaired) electrons. The van der Waals surface area contributed by atoms with Crippen molar-refractivity contribution in [2.75, 3.05) is 13.1 Å². The van der Waals surface area contributed by atoms with Crippen molar-refractivity contribution in [1.29, 1.82) is 0 Å². The van der Waals surface area contributed by atoms with Crippen LogP contribution in [0.3, 0.4) is 0 Å². The van der Waals surface area contributed by atoms with Crippen LogP contribution in [0.1, 0.15) is 30.0 Å². The Balaban J connectivity index is 1.68. The molecule has 0 saturated carbocycles. The van der Waals surface area contributed by atoms with Crippen LogP contribution in [0.2, 0.25) is 10.0 Å². The SMILES string of the molecule is NC(=O)C(NCCC1(CCc2ccncc2)C=CC=NC1)c1c(Cl)cccc1Cl. The standard InChI is InChI=1S/C22H24Cl2N4O/c23-17-3-1-4-18(24)19(17)20(21(25)29)28-14-10-22(8-2-11-27-15-22)9-5-16-6-12-26-13-7-16/h1-4,6-8,11-13,20,28H,5,9-10,14-15H2,(H2,25,29). The number of pyridine rings is 1. The molecular formula is C22H24Cl2N4O. The monoisotopic (exact) mass is 430 g/mol. The fourth-order valence-electron chi connectivity index (χ4n) is 3.58. The van der Waals surface area contributed by atoms with Gasteiger partial charge in [-0.2, -0.15) is 0 Å². The number of aryl methyl sites for hydroxylation is 1. The molecule has 2 atom stereocenters. The minimum absolute atomic E-state index is 0.0858. The summed E-state index contributed by atoms with van der Waals surface area (Å²) in [6.07, 6.45) is 12.3. The molecule has 2 heterocycles. The molecule has 29 heavy (non-hydrogen) atoms. The Kier molecular flexibility index (Phi) is 7.42. The average Bonchev–Trinajstić information content (AvgIpc) is 2.72. The van der Waals surface area contributed by atoms with Gasteiger partial charge in [-0.3, -0.25) is 14.8 Å². The zero-order valence-corrected chi connectivity index (χ0v) is 17.5. The van der Waals surface area contributed by atoms with Crippen molar-refractivity contribution in [3.63, 3.8) is 0 Å². The molecule has 152 valence electrons. The third-order valence-electron chi connectivity index (χ3n) is 5.25. The first kappa shape index (κ1) is 21.5. The highest BCUT2D eigenvalue weighted by molar-refractivity contribution is 6.36. The Morgan fingerprint density at radius 3 is 2.52 bits per heavy atom. The first-order chi connectivity index (χ1) is 14.0. The van der Waals surface area contributed by atoms with Crippen LogP contribution >= 0.6 is 23.2 Å². The van der Waals surface area contributed by atoms with E-state index in [0.717, 1.165) is 19.3 Å². The van der Waals surface area contributed by atoms with Crippen molar-refractivity contribution in [3.8, 4) is 0 Å². The predicted octanol–water partition coefficient (Wildman–Crippen LogP) is 4.15. The van der Waals surface area contributed by atoms with Gasteiger partial charge >= 0.3 is 0 Å². The number of aliphatic imine (C=N–C) groups is 1. The van der Waals surface area contributed by atoms with Crippen LogP contribution in [0.15, 0.2) is 59.9 Å². The Bertz CT molecular complexity index is 881. The van der Waals surface area contributed by atoms with Gasteiger partial charge in [0, 0.05) is 46.2 Å². The summed E-state index contributed by atoms with van der Waals surface area (Å²) in [6, 6.07) is 8.47. The van der Waals surface area contributed by atoms with E-state index >= 15 is 0 Å². The maximum atomic E-state index is 12.1. The number of allylic oxidation sites excluding steroid dienone is 1. The van der Waals surface area contributed by atoms with Crippen LogP contribution < -0.4 is 11.1 Å². The van der Waals surface area contributed by atoms with Crippen LogP contribution in [0.5, 0.6) is 0 Å². The summed E-state index contributed by atoms with van der Waals surface area (Å²) < 4.78 is 0. The second kappa shape index (κ2) is 10.0. The molecule has 0 aliphatic carbocycles. The van der Waals surface area contributed by atoms with E-state index in [9.17, 15) is 4.79 Å². The Morgan fingerprint density at radius 2 is 1.90 bits per heavy atom. The smallest absolute Gasteiger partial charge is 0.239 e. The molecule has 7 heteroatoms. The molecule has 2 aromatic rings. The van der Waals surface area contributed by atoms with Crippen LogP contribution in [0.4, 0.5) is 0 Å². The molecule has 1 aromatic carbocycles. The van der Waals surface area contributed by atoms with Gasteiger partial charge in [0.05, 0.1) is 0 Å². The maximum Gasteiger partial charge on any atom is 0.239 e. The molecule has 0 fully saturated rings. The van der Waals surface area contributed by atoms with Crippen molar-refractivity contribution in [1.82, 2.24) is 10.3 Å². The molecule has 2 unspecified atom stereocenters. The zero-order valence-electron chi connectivity index (χ0n) is 16.0. The first-order valence-electron chi connectivity index (χ1n) is 9.54. The average molecular weight is 431 g/mol. The lowest BCUT2D eigenvalue weighted by Crippen LogP contribution is -2.37. The van der Waals surface area contributed by atoms with Crippen molar-refractivity contribution < 1.29 is 4.79 Å². The van der Waals surface area contributed by atoms with E-state index in [1.807, 2.05) is 36.8 Å². The number of halogens is 2. The molecule has 1 amide bonds. The highest BCUT2D eigenvalue weighted by atomic mass is 35.5. The van der Waals surface area contributed by atoms with E-state index in [4.69, 9.17) is 28.9 Å². The number of aromatic nitrogens is 1. The van der Waals surface area contributed by atoms with Crippen LogP contribution in [-0.2, 0) is 11.2 Å². The summed E-state index contributed by atoms with van der Waals surface area (Å²) in [5, 5.41) is 4.09. The molecule has 1 aliphatic rings. The second-order valence-electron chi connectivity index (χ2n) is 7.24. The topological polar surface area (TPSA) is 80.4 Å². The third kappa shape index (κ3) is 5.66. The molecular weight excluding hydrogens is 407 g/mol. The van der Waals surface area contributed by atoms with Gasteiger partial charge in [0.15, 0.2) is 0 Å². The summed E-state index contributed by atoms with van der Waals surface area (Å²) in [4.78, 5) is 20.6. The van der Waals surface area contributed by atoms with E-state index in [-0.39, 0.29) is 5.41 Å². The molecule has 0 spiro atoms. The summed E-state index contributed by atoms with van der Waals surface area (Å²) in [5.74, 6) is -0.511. The Hall–Kier alpha value is -2.21. The molecule has 3 rings (SSSR count). The number of primary amides is 1. The number of nitrogens with zero attached hydrogens (tertiary/aromatic N) is 2. The van der Waals surface area contributed by atoms with E-state index in [1.54, 1.807) is 18.2 Å². The number of amides is 1. The summed E-state index contributed by atoms with van der Waals surface area (Å²) in [5.41, 5.74) is 7.31. The van der Waals surface area contributed by atoms with E-state index in [2.05, 4.69) is 21.4 Å². The number of nitrogens with two attached hydrogens (primary N) is 1. The number of hydrogen-bond donors (Lipinski definition) is 2. The lowest BCUT2D eigenvalue weighted by Gasteiger charge is -2.32. The maximum absolute atomic E-state index is 12.1. The van der Waals surface area contributed by atoms with Crippen molar-refractivity contribution >= 4 is 35.3 Å². The minimum Gasteiger partial charge on any atom is -0.368 e. The minimum atomic E-state index is -0.746. The highest BCUT2D eigenvalue weighted by Crippen LogP contribution is 2.34. The number of nitrogens with one attached hydrogen (secondary N) is 1. The van der Waals surface area contributed by atoms with Gasteiger partial charge in [0.2, 0.25) is 5.91 Å². The lowest BCUT2D eigenvalue weighted by molar-refractivity contribution is -0.120. The van der Waals surface area contributed by atoms with Crippen LogP contribution in [0.25, 0.3) is 0 Å². The fraction of sp³-hybridized carbons (Fsp3) is 0.318. The Morgan fingerprint density at radius 1 is 1.17 bits per heavy atom. The van der Waals surface area contributed by atoms with Gasteiger partial charge in [-0.15, -0.1) is 0 Å². The summed E-state index contributed by atoms with van der Waals surface area (Å²) in [7, 11) is 0. The van der Waals surface area contributed by atoms with Gasteiger partial charge in [-0.05, 0) is 61.7 Å². The number of rotatable bonds is 9. The van der Waals surface area contributed by atoms with Crippen molar-refractivity contribution in [3.05, 3.63) is 76.0 Å². The predicted molar refractivity (Wildman–Crippen MR) is 119 cm³/mol. The molecule has 0 saturated heterocycles. The van der Waals surface area contributed by atoms with E-state index in [1.165, 1.54) is 5.56 Å². The fourth-order valence-corrected chi connectivity index (χ4v) is 4.20. The summed E-state index contributed by atoms with van der Waals surface area (Å²) >= 11 is 12.5. The molecule has 1 aromatic heterocycles. The largest absolute Gasteiger partial charge is 0.368 e. The van der Waals surface area contributed by atoms with Gasteiger partial charge < -0.3 is 11.1 Å². The molecule has 1 aliphatic heterocycles. The van der Waals surface area contributed by atoms with Gasteiger partial charge in [0.1, 0.15) is 6.04 Å². The van der Waals surface area contributed by atoms with Gasteiger partial charge in [-0.1, -0.05) is 35.3 Å². The second-order valence-corrected chi connectivity index (χ2v) is 8.06. The molecule has 5 nitrogen and oxygen atoms in total. The van der Waals surface area contributed by atoms with Crippen LogP contribution in [0, 0.1) is 5.41 Å². The van der Waals surface area contributed by atoms with E-state index in [0.29, 0.717) is 28.7 Å². The number of dihydropyridines is 1. The van der Waals surface area contributed by atoms with E-state index < -0.39 is 11.9 Å². The zero-order chi connectivity index (χ0) is 20.7.